The van der Waals surface area contributed by atoms with E-state index in [1.54, 1.807) is 0 Å². The highest BCUT2D eigenvalue weighted by Crippen LogP contribution is 2.42. The number of aryl methyl sites for hydroxylation is 1. The average Bonchev–Trinajstić information content (AvgIpc) is 4.02. The van der Waals surface area contributed by atoms with Crippen LogP contribution in [0.15, 0.2) is 218 Å². The zero-order valence-electron chi connectivity index (χ0n) is 34.0. The first-order valence-corrected chi connectivity index (χ1v) is 21.1. The van der Waals surface area contributed by atoms with Crippen LogP contribution in [-0.2, 0) is 0 Å². The molecule has 0 bridgehead atoms. The number of fused-ring (bicyclic) bond motifs is 5. The van der Waals surface area contributed by atoms with Crippen molar-refractivity contribution < 1.29 is 0 Å². The lowest BCUT2D eigenvalue weighted by molar-refractivity contribution is 1.10. The van der Waals surface area contributed by atoms with Crippen LogP contribution in [0.25, 0.3) is 106 Å². The van der Waals surface area contributed by atoms with Gasteiger partial charge in [-0.2, -0.15) is 0 Å². The van der Waals surface area contributed by atoms with Gasteiger partial charge in [0, 0.05) is 39.0 Å². The first-order valence-electron chi connectivity index (χ1n) is 21.1. The fourth-order valence-electron chi connectivity index (χ4n) is 9.28. The van der Waals surface area contributed by atoms with E-state index in [9.17, 15) is 0 Å². The quantitative estimate of drug-likeness (QED) is 0.161. The van der Waals surface area contributed by atoms with Crippen molar-refractivity contribution in [3.05, 3.63) is 224 Å². The Labute approximate surface area is 359 Å². The highest BCUT2D eigenvalue weighted by Gasteiger charge is 2.22. The summed E-state index contributed by atoms with van der Waals surface area (Å²) in [5.41, 5.74) is 17.6. The lowest BCUT2D eigenvalue weighted by Crippen LogP contribution is -1.98. The summed E-state index contributed by atoms with van der Waals surface area (Å²) in [5, 5.41) is 2.36. The normalized spacial score (nSPS) is 11.6. The second-order valence-electron chi connectivity index (χ2n) is 15.9. The number of aromatic nitrogens is 5. The number of imidazole rings is 2. The van der Waals surface area contributed by atoms with Gasteiger partial charge in [0.15, 0.2) is 0 Å². The van der Waals surface area contributed by atoms with Crippen LogP contribution in [0.5, 0.6) is 0 Å². The highest BCUT2D eigenvalue weighted by molar-refractivity contribution is 6.12. The smallest absolute Gasteiger partial charge is 0.146 e. The molecule has 0 spiro atoms. The molecule has 3 aromatic heterocycles. The molecule has 0 atom stereocenters. The van der Waals surface area contributed by atoms with Crippen LogP contribution in [0.1, 0.15) is 5.56 Å². The highest BCUT2D eigenvalue weighted by atomic mass is 15.1. The van der Waals surface area contributed by atoms with Crippen LogP contribution >= 0.6 is 0 Å². The van der Waals surface area contributed by atoms with Gasteiger partial charge in [-0.05, 0) is 114 Å². The molecule has 292 valence electrons. The van der Waals surface area contributed by atoms with Crippen molar-refractivity contribution in [3.63, 3.8) is 0 Å². The zero-order chi connectivity index (χ0) is 41.1. The summed E-state index contributed by atoms with van der Waals surface area (Å²) >= 11 is 0. The van der Waals surface area contributed by atoms with Gasteiger partial charge in [-0.3, -0.25) is 9.13 Å². The Morgan fingerprint density at radius 3 is 1.16 bits per heavy atom. The summed E-state index contributed by atoms with van der Waals surface area (Å²) in [4.78, 5) is 10.6. The number of para-hydroxylation sites is 6. The fraction of sp³-hybridized carbons (Fsp3) is 0.0175. The molecule has 0 saturated carbocycles. The van der Waals surface area contributed by atoms with Crippen molar-refractivity contribution in [2.24, 2.45) is 0 Å². The van der Waals surface area contributed by atoms with Crippen LogP contribution in [0, 0.1) is 6.92 Å². The summed E-state index contributed by atoms with van der Waals surface area (Å²) in [5.74, 6) is 1.83. The summed E-state index contributed by atoms with van der Waals surface area (Å²) in [6.07, 6.45) is 0. The standard InChI is InChI=1S/C57H39N5/c1-38-28-32-43(33-29-38)60-52-34-30-39(44-20-8-10-22-46(44)56-58-50-24-12-14-26-54(50)61(56)41-16-4-2-5-17-41)36-48(52)49-37-40(31-35-53(49)60)45-21-9-11-23-47(45)57-59-51-25-13-15-27-55(51)62(57)42-18-6-3-7-19-42/h2-37H,1H3. The molecule has 5 nitrogen and oxygen atoms in total. The van der Waals surface area contributed by atoms with Crippen molar-refractivity contribution in [3.8, 4) is 62.1 Å². The molecule has 0 amide bonds. The van der Waals surface area contributed by atoms with Gasteiger partial charge >= 0.3 is 0 Å². The molecule has 0 aliphatic rings. The number of rotatable bonds is 7. The second kappa shape index (κ2) is 14.5. The third kappa shape index (κ3) is 5.78. The van der Waals surface area contributed by atoms with Crippen molar-refractivity contribution in [2.45, 2.75) is 6.92 Å². The predicted octanol–water partition coefficient (Wildman–Crippen LogP) is 14.4. The molecule has 0 aliphatic carbocycles. The van der Waals surface area contributed by atoms with Crippen molar-refractivity contribution >= 4 is 43.9 Å². The summed E-state index contributed by atoms with van der Waals surface area (Å²) in [6, 6.07) is 77.9. The molecule has 0 aliphatic heterocycles. The Bertz CT molecular complexity index is 3410. The Morgan fingerprint density at radius 2 is 0.694 bits per heavy atom. The molecule has 0 fully saturated rings. The maximum atomic E-state index is 5.28. The molecule has 0 N–H and O–H groups in total. The van der Waals surface area contributed by atoms with Gasteiger partial charge in [-0.15, -0.1) is 0 Å². The minimum absolute atomic E-state index is 0.913. The third-order valence-electron chi connectivity index (χ3n) is 12.2. The van der Waals surface area contributed by atoms with E-state index in [-0.39, 0.29) is 0 Å². The van der Waals surface area contributed by atoms with Crippen LogP contribution in [0.3, 0.4) is 0 Å². The van der Waals surface area contributed by atoms with Gasteiger partial charge in [0.05, 0.1) is 33.1 Å². The Balaban J connectivity index is 1.08. The van der Waals surface area contributed by atoms with E-state index >= 15 is 0 Å². The monoisotopic (exact) mass is 793 g/mol. The van der Waals surface area contributed by atoms with Crippen LogP contribution in [0.4, 0.5) is 0 Å². The molecular weight excluding hydrogens is 755 g/mol. The molecule has 12 rings (SSSR count). The van der Waals surface area contributed by atoms with E-state index in [4.69, 9.17) is 9.97 Å². The van der Waals surface area contributed by atoms with Gasteiger partial charge in [0.1, 0.15) is 11.6 Å². The first-order chi connectivity index (χ1) is 30.7. The van der Waals surface area contributed by atoms with Crippen LogP contribution in [-0.4, -0.2) is 23.7 Å². The van der Waals surface area contributed by atoms with E-state index < -0.39 is 0 Å². The van der Waals surface area contributed by atoms with Crippen LogP contribution in [0.2, 0.25) is 0 Å². The molecule has 62 heavy (non-hydrogen) atoms. The molecule has 3 heterocycles. The largest absolute Gasteiger partial charge is 0.309 e. The minimum Gasteiger partial charge on any atom is -0.309 e. The number of benzene rings is 9. The van der Waals surface area contributed by atoms with E-state index in [1.807, 2.05) is 0 Å². The fourth-order valence-corrected chi connectivity index (χ4v) is 9.28. The molecule has 12 aromatic rings. The first kappa shape index (κ1) is 35.6. The topological polar surface area (TPSA) is 40.6 Å². The van der Waals surface area contributed by atoms with Crippen LogP contribution < -0.4 is 0 Å². The molecule has 5 heteroatoms. The lowest BCUT2D eigenvalue weighted by Gasteiger charge is -2.14. The van der Waals surface area contributed by atoms with Crippen molar-refractivity contribution in [1.82, 2.24) is 23.7 Å². The summed E-state index contributed by atoms with van der Waals surface area (Å²) in [7, 11) is 0. The second-order valence-corrected chi connectivity index (χ2v) is 15.9. The van der Waals surface area contributed by atoms with E-state index in [1.165, 1.54) is 16.3 Å². The van der Waals surface area contributed by atoms with Gasteiger partial charge in [-0.1, -0.05) is 139 Å². The van der Waals surface area contributed by atoms with Gasteiger partial charge in [0.2, 0.25) is 0 Å². The number of nitrogens with zero attached hydrogens (tertiary/aromatic N) is 5. The third-order valence-corrected chi connectivity index (χ3v) is 12.2. The SMILES string of the molecule is Cc1ccc(-n2c3ccc(-c4ccccc4-c4nc5ccccc5n4-c4ccccc4)cc3c3cc(-c4ccccc4-c4nc5ccccc5n4-c4ccccc4)ccc32)cc1. The average molecular weight is 794 g/mol. The van der Waals surface area contributed by atoms with Gasteiger partial charge in [-0.25, -0.2) is 9.97 Å². The maximum Gasteiger partial charge on any atom is 0.146 e. The number of hydrogen-bond donors (Lipinski definition) is 0. The molecule has 0 saturated heterocycles. The zero-order valence-corrected chi connectivity index (χ0v) is 34.0. The Kier molecular flexibility index (Phi) is 8.32. The van der Waals surface area contributed by atoms with E-state index in [0.717, 1.165) is 95.2 Å². The molecule has 0 radical (unpaired) electrons. The number of hydrogen-bond acceptors (Lipinski definition) is 2. The van der Waals surface area contributed by atoms with Crippen molar-refractivity contribution in [2.75, 3.05) is 0 Å². The van der Waals surface area contributed by atoms with E-state index in [2.05, 4.69) is 239 Å². The van der Waals surface area contributed by atoms with Gasteiger partial charge < -0.3 is 4.57 Å². The lowest BCUT2D eigenvalue weighted by atomic mass is 9.95. The molecular formula is C57H39N5. The minimum atomic E-state index is 0.913. The van der Waals surface area contributed by atoms with Gasteiger partial charge in [0.25, 0.3) is 0 Å². The Hall–Kier alpha value is -8.28. The summed E-state index contributed by atoms with van der Waals surface area (Å²) in [6.45, 7) is 2.14. The summed E-state index contributed by atoms with van der Waals surface area (Å²) < 4.78 is 6.97. The van der Waals surface area contributed by atoms with Crippen molar-refractivity contribution in [1.29, 1.82) is 0 Å². The molecule has 0 unspecified atom stereocenters. The van der Waals surface area contributed by atoms with E-state index in [0.29, 0.717) is 0 Å². The maximum absolute atomic E-state index is 5.28. The predicted molar refractivity (Wildman–Crippen MR) is 257 cm³/mol. The molecule has 9 aromatic carbocycles. The Morgan fingerprint density at radius 1 is 0.306 bits per heavy atom.